The molecule has 0 atom stereocenters. The second kappa shape index (κ2) is 10.1. The number of nitrogens with one attached hydrogen (secondary N) is 1. The molecule has 0 bridgehead atoms. The van der Waals surface area contributed by atoms with Crippen molar-refractivity contribution in [2.45, 2.75) is 27.7 Å². The summed E-state index contributed by atoms with van der Waals surface area (Å²) >= 11 is 6.02. The predicted octanol–water partition coefficient (Wildman–Crippen LogP) is 5.41. The van der Waals surface area contributed by atoms with Crippen molar-refractivity contribution in [3.63, 3.8) is 0 Å². The summed E-state index contributed by atoms with van der Waals surface area (Å²) in [5.74, 6) is 0.870. The van der Waals surface area contributed by atoms with E-state index in [1.54, 1.807) is 0 Å². The number of benzene rings is 1. The molecule has 0 aliphatic carbocycles. The molecule has 0 saturated heterocycles. The van der Waals surface area contributed by atoms with Gasteiger partial charge in [-0.1, -0.05) is 43.5 Å². The zero-order valence-electron chi connectivity index (χ0n) is 18.5. The molecule has 0 spiro atoms. The molecule has 1 heterocycles. The standard InChI is InChI=1S/C26H30ClN3/c1-9-17(3)18(4)15-20(6)28-21(7)19(5)16-25-24(10-2)29-26(30(25)8)22-11-13-23(27)14-12-22/h9-16,28H,1,5,7H2,2-4,6,8H3/b18-17-,20-15+,24-10+,25-16+. The molecule has 156 valence electrons. The smallest absolute Gasteiger partial charge is 0.140 e. The lowest BCUT2D eigenvalue weighted by molar-refractivity contribution is 0.890. The van der Waals surface area contributed by atoms with E-state index in [2.05, 4.69) is 42.6 Å². The molecule has 1 N–H and O–H groups in total. The highest BCUT2D eigenvalue weighted by molar-refractivity contribution is 6.30. The van der Waals surface area contributed by atoms with Gasteiger partial charge in [0.2, 0.25) is 0 Å². The van der Waals surface area contributed by atoms with Gasteiger partial charge in [0.05, 0.1) is 10.7 Å². The van der Waals surface area contributed by atoms with Crippen LogP contribution in [0.2, 0.25) is 5.02 Å². The Kier molecular flexibility index (Phi) is 7.85. The Balaban J connectivity index is 2.37. The summed E-state index contributed by atoms with van der Waals surface area (Å²) in [5.41, 5.74) is 5.82. The molecule has 2 rings (SSSR count). The van der Waals surface area contributed by atoms with Crippen molar-refractivity contribution in [3.8, 4) is 11.4 Å². The number of rotatable bonds is 7. The number of imidazole rings is 1. The van der Waals surface area contributed by atoms with Crippen LogP contribution in [0.1, 0.15) is 27.7 Å². The third-order valence-electron chi connectivity index (χ3n) is 4.95. The zero-order valence-corrected chi connectivity index (χ0v) is 19.3. The van der Waals surface area contributed by atoms with E-state index < -0.39 is 0 Å². The highest BCUT2D eigenvalue weighted by Crippen LogP contribution is 2.18. The van der Waals surface area contributed by atoms with Crippen LogP contribution in [0.25, 0.3) is 23.5 Å². The molecule has 0 saturated carbocycles. The van der Waals surface area contributed by atoms with E-state index in [9.17, 15) is 0 Å². The van der Waals surface area contributed by atoms with E-state index in [1.165, 1.54) is 0 Å². The van der Waals surface area contributed by atoms with Gasteiger partial charge in [-0.3, -0.25) is 0 Å². The molecule has 0 aliphatic rings. The minimum absolute atomic E-state index is 0.703. The molecule has 2 aromatic rings. The van der Waals surface area contributed by atoms with Crippen LogP contribution in [0, 0.1) is 0 Å². The second-order valence-corrected chi connectivity index (χ2v) is 7.67. The summed E-state index contributed by atoms with van der Waals surface area (Å²) in [6.07, 6.45) is 7.92. The van der Waals surface area contributed by atoms with Gasteiger partial charge in [-0.05, 0) is 80.8 Å². The fraction of sp³-hybridized carbons (Fsp3) is 0.192. The Morgan fingerprint density at radius 2 is 1.73 bits per heavy atom. The van der Waals surface area contributed by atoms with Gasteiger partial charge in [0.25, 0.3) is 0 Å². The van der Waals surface area contributed by atoms with Crippen molar-refractivity contribution in [1.82, 2.24) is 14.9 Å². The van der Waals surface area contributed by atoms with Crippen molar-refractivity contribution in [2.24, 2.45) is 7.05 Å². The average molecular weight is 420 g/mol. The van der Waals surface area contributed by atoms with E-state index in [1.807, 2.05) is 70.3 Å². The molecule has 0 amide bonds. The fourth-order valence-electron chi connectivity index (χ4n) is 2.98. The van der Waals surface area contributed by atoms with E-state index in [0.717, 1.165) is 50.2 Å². The quantitative estimate of drug-likeness (QED) is 0.608. The number of hydrogen-bond donors (Lipinski definition) is 1. The molecule has 1 aromatic heterocycles. The maximum Gasteiger partial charge on any atom is 0.140 e. The van der Waals surface area contributed by atoms with Gasteiger partial charge in [-0.15, -0.1) is 0 Å². The Morgan fingerprint density at radius 3 is 2.30 bits per heavy atom. The monoisotopic (exact) mass is 419 g/mol. The van der Waals surface area contributed by atoms with Crippen molar-refractivity contribution in [3.05, 3.63) is 100.0 Å². The number of hydrogen-bond acceptors (Lipinski definition) is 2. The molecule has 0 fully saturated rings. The molecule has 30 heavy (non-hydrogen) atoms. The minimum atomic E-state index is 0.703. The van der Waals surface area contributed by atoms with Crippen LogP contribution in [0.3, 0.4) is 0 Å². The van der Waals surface area contributed by atoms with Gasteiger partial charge in [-0.25, -0.2) is 4.98 Å². The normalized spacial score (nSPS) is 13.9. The van der Waals surface area contributed by atoms with Crippen LogP contribution in [0.4, 0.5) is 0 Å². The molecule has 0 unspecified atom stereocenters. The third kappa shape index (κ3) is 5.52. The third-order valence-corrected chi connectivity index (χ3v) is 5.20. The van der Waals surface area contributed by atoms with Gasteiger partial charge in [0.15, 0.2) is 0 Å². The highest BCUT2D eigenvalue weighted by Gasteiger charge is 2.08. The zero-order chi connectivity index (χ0) is 22.4. The van der Waals surface area contributed by atoms with Crippen LogP contribution < -0.4 is 16.0 Å². The minimum Gasteiger partial charge on any atom is -0.359 e. The number of halogens is 1. The van der Waals surface area contributed by atoms with E-state index in [4.69, 9.17) is 16.6 Å². The number of aromatic nitrogens is 2. The maximum absolute atomic E-state index is 6.02. The summed E-state index contributed by atoms with van der Waals surface area (Å²) < 4.78 is 2.06. The molecule has 3 nitrogen and oxygen atoms in total. The highest BCUT2D eigenvalue weighted by atomic mass is 35.5. The lowest BCUT2D eigenvalue weighted by atomic mass is 10.1. The van der Waals surface area contributed by atoms with Gasteiger partial charge in [0.1, 0.15) is 5.82 Å². The molecule has 1 aromatic carbocycles. The first-order valence-electron chi connectivity index (χ1n) is 9.78. The summed E-state index contributed by atoms with van der Waals surface area (Å²) in [6.45, 7) is 20.2. The Bertz CT molecular complexity index is 1160. The van der Waals surface area contributed by atoms with Crippen molar-refractivity contribution in [1.29, 1.82) is 0 Å². The molecular formula is C26H30ClN3. The van der Waals surface area contributed by atoms with Gasteiger partial charge in [0, 0.05) is 29.0 Å². The van der Waals surface area contributed by atoms with E-state index in [-0.39, 0.29) is 0 Å². The first kappa shape index (κ1) is 23.2. The molecule has 0 aliphatic heterocycles. The largest absolute Gasteiger partial charge is 0.359 e. The lowest BCUT2D eigenvalue weighted by Gasteiger charge is -2.11. The summed E-state index contributed by atoms with van der Waals surface area (Å²) in [6, 6.07) is 7.68. The number of allylic oxidation sites excluding steroid dienone is 6. The molecular weight excluding hydrogens is 390 g/mol. The fourth-order valence-corrected chi connectivity index (χ4v) is 3.10. The maximum atomic E-state index is 6.02. The Labute approximate surface area is 184 Å². The Hall–Kier alpha value is -3.04. The molecule has 0 radical (unpaired) electrons. The summed E-state index contributed by atoms with van der Waals surface area (Å²) in [5, 5.41) is 5.89. The summed E-state index contributed by atoms with van der Waals surface area (Å²) in [7, 11) is 2.00. The van der Waals surface area contributed by atoms with Crippen LogP contribution in [-0.4, -0.2) is 9.55 Å². The van der Waals surface area contributed by atoms with Crippen LogP contribution in [-0.2, 0) is 7.05 Å². The number of nitrogens with zero attached hydrogens (tertiary/aromatic N) is 2. The molecule has 4 heteroatoms. The van der Waals surface area contributed by atoms with Crippen LogP contribution in [0.5, 0.6) is 0 Å². The average Bonchev–Trinajstić information content (AvgIpc) is 3.03. The predicted molar refractivity (Wildman–Crippen MR) is 131 cm³/mol. The van der Waals surface area contributed by atoms with Crippen LogP contribution in [0.15, 0.2) is 84.3 Å². The van der Waals surface area contributed by atoms with Crippen molar-refractivity contribution < 1.29 is 0 Å². The van der Waals surface area contributed by atoms with E-state index >= 15 is 0 Å². The second-order valence-electron chi connectivity index (χ2n) is 7.23. The van der Waals surface area contributed by atoms with E-state index in [0.29, 0.717) is 5.02 Å². The van der Waals surface area contributed by atoms with Crippen molar-refractivity contribution >= 4 is 23.8 Å². The summed E-state index contributed by atoms with van der Waals surface area (Å²) in [4.78, 5) is 4.78. The topological polar surface area (TPSA) is 29.9 Å². The van der Waals surface area contributed by atoms with Gasteiger partial charge in [-0.2, -0.15) is 0 Å². The first-order valence-corrected chi connectivity index (χ1v) is 10.2. The first-order chi connectivity index (χ1) is 14.2. The van der Waals surface area contributed by atoms with Crippen molar-refractivity contribution in [2.75, 3.05) is 0 Å². The Morgan fingerprint density at radius 1 is 1.10 bits per heavy atom. The van der Waals surface area contributed by atoms with Gasteiger partial charge < -0.3 is 9.88 Å². The van der Waals surface area contributed by atoms with Crippen LogP contribution >= 0.6 is 11.6 Å². The SMILES string of the molecule is C=C/C(C)=C(C)\C=C(/C)NC(=C)C(=C)/C=c1\c(=C/C)nc(-c2ccc(Cl)cc2)n1C. The van der Waals surface area contributed by atoms with Gasteiger partial charge >= 0.3 is 0 Å². The lowest BCUT2D eigenvalue weighted by Crippen LogP contribution is -2.29.